The van der Waals surface area contributed by atoms with Crippen molar-refractivity contribution in [1.29, 1.82) is 0 Å². The average Bonchev–Trinajstić information content (AvgIpc) is 3.05. The average molecular weight is 296 g/mol. The van der Waals surface area contributed by atoms with Crippen molar-refractivity contribution in [1.82, 2.24) is 15.3 Å². The van der Waals surface area contributed by atoms with E-state index in [1.165, 1.54) is 11.3 Å². The van der Waals surface area contributed by atoms with Crippen LogP contribution < -0.4 is 11.1 Å². The minimum atomic E-state index is -0.0223. The number of aromatic nitrogens is 2. The van der Waals surface area contributed by atoms with E-state index < -0.39 is 0 Å². The molecule has 0 spiro atoms. The molecule has 0 aliphatic rings. The van der Waals surface area contributed by atoms with Gasteiger partial charge < -0.3 is 11.1 Å². The summed E-state index contributed by atoms with van der Waals surface area (Å²) < 4.78 is 0. The lowest BCUT2D eigenvalue weighted by molar-refractivity contribution is -0.120. The molecule has 0 unspecified atom stereocenters. The predicted molar refractivity (Wildman–Crippen MR) is 77.2 cm³/mol. The van der Waals surface area contributed by atoms with Gasteiger partial charge in [0.05, 0.1) is 23.7 Å². The molecular weight excluding hydrogens is 280 g/mol. The fourth-order valence-corrected chi connectivity index (χ4v) is 2.94. The Balaban J connectivity index is 1.76. The molecule has 1 amide bonds. The van der Waals surface area contributed by atoms with Crippen molar-refractivity contribution in [2.75, 3.05) is 6.54 Å². The molecule has 102 valence electrons. The van der Waals surface area contributed by atoms with Crippen LogP contribution in [0.4, 0.5) is 0 Å². The summed E-state index contributed by atoms with van der Waals surface area (Å²) in [5, 5.41) is 8.63. The summed E-state index contributed by atoms with van der Waals surface area (Å²) in [6.45, 7) is 1.16. The molecule has 2 aromatic heterocycles. The quantitative estimate of drug-likeness (QED) is 0.808. The molecule has 0 aliphatic carbocycles. The molecule has 0 fully saturated rings. The Hall–Kier alpha value is -1.31. The molecule has 19 heavy (non-hydrogen) atoms. The van der Waals surface area contributed by atoms with Gasteiger partial charge >= 0.3 is 0 Å². The molecule has 0 saturated heterocycles. The molecule has 2 rings (SSSR count). The molecular formula is C12H16N4OS2. The number of carbonyl (C=O) groups is 1. The van der Waals surface area contributed by atoms with Crippen molar-refractivity contribution < 1.29 is 4.79 Å². The van der Waals surface area contributed by atoms with E-state index in [1.54, 1.807) is 17.5 Å². The van der Waals surface area contributed by atoms with Crippen molar-refractivity contribution in [2.45, 2.75) is 25.8 Å². The van der Waals surface area contributed by atoms with Crippen molar-refractivity contribution >= 4 is 28.6 Å². The lowest BCUT2D eigenvalue weighted by Crippen LogP contribution is -2.24. The first-order chi connectivity index (χ1) is 9.28. The number of amides is 1. The highest BCUT2D eigenvalue weighted by atomic mass is 32.1. The second-order valence-electron chi connectivity index (χ2n) is 4.00. The summed E-state index contributed by atoms with van der Waals surface area (Å²) in [4.78, 5) is 20.3. The zero-order chi connectivity index (χ0) is 13.5. The van der Waals surface area contributed by atoms with Gasteiger partial charge in [0, 0.05) is 23.4 Å². The van der Waals surface area contributed by atoms with Crippen LogP contribution in [-0.2, 0) is 24.2 Å². The Morgan fingerprint density at radius 1 is 1.37 bits per heavy atom. The van der Waals surface area contributed by atoms with E-state index >= 15 is 0 Å². The molecule has 0 aliphatic heterocycles. The third kappa shape index (κ3) is 4.70. The van der Waals surface area contributed by atoms with Gasteiger partial charge in [0.1, 0.15) is 5.01 Å². The van der Waals surface area contributed by atoms with Crippen molar-refractivity contribution in [3.05, 3.63) is 32.7 Å². The van der Waals surface area contributed by atoms with Gasteiger partial charge in [-0.05, 0) is 13.0 Å². The lowest BCUT2D eigenvalue weighted by atomic mass is 10.3. The topological polar surface area (TPSA) is 80.9 Å². The second kappa shape index (κ2) is 7.32. The maximum absolute atomic E-state index is 11.7. The summed E-state index contributed by atoms with van der Waals surface area (Å²) in [5.74, 6) is -0.0223. The number of rotatable bonds is 7. The minimum Gasteiger partial charge on any atom is -0.349 e. The SMILES string of the molecule is NCCCc1nc(CC(=O)NCc2nccs2)cs1. The summed E-state index contributed by atoms with van der Waals surface area (Å²) >= 11 is 3.12. The molecule has 0 bridgehead atoms. The fourth-order valence-electron chi connectivity index (χ4n) is 1.54. The highest BCUT2D eigenvalue weighted by Gasteiger charge is 2.08. The maximum Gasteiger partial charge on any atom is 0.226 e. The number of hydrogen-bond donors (Lipinski definition) is 2. The fraction of sp³-hybridized carbons (Fsp3) is 0.417. The highest BCUT2D eigenvalue weighted by Crippen LogP contribution is 2.12. The van der Waals surface area contributed by atoms with Crippen LogP contribution >= 0.6 is 22.7 Å². The molecule has 0 atom stereocenters. The zero-order valence-electron chi connectivity index (χ0n) is 10.5. The number of nitrogens with one attached hydrogen (secondary N) is 1. The van der Waals surface area contributed by atoms with Gasteiger partial charge in [-0.3, -0.25) is 4.79 Å². The third-order valence-corrected chi connectivity index (χ3v) is 4.19. The Labute approximate surface area is 119 Å². The Morgan fingerprint density at radius 3 is 3.00 bits per heavy atom. The summed E-state index contributed by atoms with van der Waals surface area (Å²) in [5.41, 5.74) is 6.29. The summed E-state index contributed by atoms with van der Waals surface area (Å²) in [6.07, 6.45) is 3.88. The maximum atomic E-state index is 11.7. The van der Waals surface area contributed by atoms with Crippen LogP contribution in [-0.4, -0.2) is 22.4 Å². The van der Waals surface area contributed by atoms with E-state index in [0.29, 0.717) is 19.5 Å². The number of carbonyl (C=O) groups excluding carboxylic acids is 1. The van der Waals surface area contributed by atoms with Crippen molar-refractivity contribution in [3.63, 3.8) is 0 Å². The summed E-state index contributed by atoms with van der Waals surface area (Å²) in [7, 11) is 0. The Bertz CT molecular complexity index is 510. The number of hydrogen-bond acceptors (Lipinski definition) is 6. The normalized spacial score (nSPS) is 10.6. The van der Waals surface area contributed by atoms with Gasteiger partial charge in [0.15, 0.2) is 0 Å². The van der Waals surface area contributed by atoms with Gasteiger partial charge in [-0.15, -0.1) is 22.7 Å². The van der Waals surface area contributed by atoms with Crippen LogP contribution in [0.15, 0.2) is 17.0 Å². The zero-order valence-corrected chi connectivity index (χ0v) is 12.1. The van der Waals surface area contributed by atoms with Crippen LogP contribution in [0, 0.1) is 0 Å². The second-order valence-corrected chi connectivity index (χ2v) is 5.93. The Morgan fingerprint density at radius 2 is 2.26 bits per heavy atom. The van der Waals surface area contributed by atoms with E-state index in [4.69, 9.17) is 5.73 Å². The molecule has 2 aromatic rings. The van der Waals surface area contributed by atoms with Crippen LogP contribution in [0.3, 0.4) is 0 Å². The van der Waals surface area contributed by atoms with Gasteiger partial charge in [0.25, 0.3) is 0 Å². The largest absolute Gasteiger partial charge is 0.349 e. The number of thiazole rings is 2. The molecule has 5 nitrogen and oxygen atoms in total. The number of nitrogens with zero attached hydrogens (tertiary/aromatic N) is 2. The first kappa shape index (κ1) is 14.1. The smallest absolute Gasteiger partial charge is 0.226 e. The van der Waals surface area contributed by atoms with Gasteiger partial charge in [0.2, 0.25) is 5.91 Å². The van der Waals surface area contributed by atoms with E-state index in [2.05, 4.69) is 15.3 Å². The molecule has 3 N–H and O–H groups in total. The lowest BCUT2D eigenvalue weighted by Gasteiger charge is -2.00. The Kier molecular flexibility index (Phi) is 5.44. The van der Waals surface area contributed by atoms with Crippen molar-refractivity contribution in [2.24, 2.45) is 5.73 Å². The van der Waals surface area contributed by atoms with Crippen LogP contribution in [0.2, 0.25) is 0 Å². The molecule has 7 heteroatoms. The first-order valence-corrected chi connectivity index (χ1v) is 7.82. The van der Waals surface area contributed by atoms with E-state index in [-0.39, 0.29) is 5.91 Å². The molecule has 0 aromatic carbocycles. The predicted octanol–water partition coefficient (Wildman–Crippen LogP) is 1.35. The van der Waals surface area contributed by atoms with Gasteiger partial charge in [-0.2, -0.15) is 0 Å². The first-order valence-electron chi connectivity index (χ1n) is 6.06. The number of aryl methyl sites for hydroxylation is 1. The molecule has 0 radical (unpaired) electrons. The van der Waals surface area contributed by atoms with E-state index in [1.807, 2.05) is 10.8 Å². The van der Waals surface area contributed by atoms with Crippen LogP contribution in [0.1, 0.15) is 22.1 Å². The monoisotopic (exact) mass is 296 g/mol. The van der Waals surface area contributed by atoms with Crippen molar-refractivity contribution in [3.8, 4) is 0 Å². The molecule has 0 saturated carbocycles. The standard InChI is InChI=1S/C12H16N4OS2/c13-3-1-2-11-16-9(8-19-11)6-10(17)15-7-12-14-4-5-18-12/h4-5,8H,1-3,6-7,13H2,(H,15,17). The van der Waals surface area contributed by atoms with Crippen LogP contribution in [0.5, 0.6) is 0 Å². The van der Waals surface area contributed by atoms with E-state index in [9.17, 15) is 4.79 Å². The molecule has 2 heterocycles. The van der Waals surface area contributed by atoms with Gasteiger partial charge in [-0.25, -0.2) is 9.97 Å². The minimum absolute atomic E-state index is 0.0223. The third-order valence-electron chi connectivity index (χ3n) is 2.46. The number of nitrogens with two attached hydrogens (primary N) is 1. The van der Waals surface area contributed by atoms with Crippen LogP contribution in [0.25, 0.3) is 0 Å². The summed E-state index contributed by atoms with van der Waals surface area (Å²) in [6, 6.07) is 0. The van der Waals surface area contributed by atoms with E-state index in [0.717, 1.165) is 28.6 Å². The highest BCUT2D eigenvalue weighted by molar-refractivity contribution is 7.09. The van der Waals surface area contributed by atoms with Gasteiger partial charge in [-0.1, -0.05) is 0 Å².